The van der Waals surface area contributed by atoms with E-state index in [1.54, 1.807) is 18.4 Å². The Balaban J connectivity index is 1.58. The van der Waals surface area contributed by atoms with E-state index in [4.69, 9.17) is 4.74 Å². The molecule has 4 aromatic rings. The molecule has 0 saturated carbocycles. The highest BCUT2D eigenvalue weighted by Crippen LogP contribution is 2.27. The first-order valence-electron chi connectivity index (χ1n) is 7.54. The summed E-state index contributed by atoms with van der Waals surface area (Å²) in [6.07, 6.45) is 7.90. The standard InChI is InChI=1S/C19H15N3OS/c1-23-16-8-9-17-18(11-16)24-19(21-17)10-7-14-12-20-22(13-14)15-5-3-2-4-6-15/h2-13H,1H3/b10-7+. The topological polar surface area (TPSA) is 39.9 Å². The van der Waals surface area contributed by atoms with E-state index in [0.29, 0.717) is 0 Å². The predicted molar refractivity (Wildman–Crippen MR) is 98.7 cm³/mol. The Kier molecular flexibility index (Phi) is 3.84. The Morgan fingerprint density at radius 1 is 1.08 bits per heavy atom. The number of hydrogen-bond acceptors (Lipinski definition) is 4. The van der Waals surface area contributed by atoms with E-state index < -0.39 is 0 Å². The van der Waals surface area contributed by atoms with Gasteiger partial charge in [-0.3, -0.25) is 0 Å². The van der Waals surface area contributed by atoms with Gasteiger partial charge < -0.3 is 4.74 Å². The van der Waals surface area contributed by atoms with Crippen molar-refractivity contribution in [2.75, 3.05) is 7.11 Å². The van der Waals surface area contributed by atoms with Crippen molar-refractivity contribution in [3.05, 3.63) is 71.5 Å². The van der Waals surface area contributed by atoms with E-state index in [9.17, 15) is 0 Å². The van der Waals surface area contributed by atoms with E-state index in [2.05, 4.69) is 10.1 Å². The molecule has 0 aliphatic carbocycles. The molecule has 2 aromatic heterocycles. The smallest absolute Gasteiger partial charge is 0.120 e. The van der Waals surface area contributed by atoms with E-state index in [1.807, 2.05) is 77.8 Å². The van der Waals surface area contributed by atoms with Crippen molar-refractivity contribution in [1.29, 1.82) is 0 Å². The normalized spacial score (nSPS) is 11.4. The fraction of sp³-hybridized carbons (Fsp3) is 0.0526. The lowest BCUT2D eigenvalue weighted by atomic mass is 10.3. The molecule has 0 aliphatic heterocycles. The van der Waals surface area contributed by atoms with Crippen molar-refractivity contribution in [2.45, 2.75) is 0 Å². The van der Waals surface area contributed by atoms with E-state index in [-0.39, 0.29) is 0 Å². The van der Waals surface area contributed by atoms with Crippen LogP contribution in [0.2, 0.25) is 0 Å². The van der Waals surface area contributed by atoms with E-state index in [1.165, 1.54) is 0 Å². The van der Waals surface area contributed by atoms with Crippen LogP contribution in [-0.4, -0.2) is 21.9 Å². The minimum Gasteiger partial charge on any atom is -0.497 e. The summed E-state index contributed by atoms with van der Waals surface area (Å²) in [5.41, 5.74) is 3.07. The average molecular weight is 333 g/mol. The van der Waals surface area contributed by atoms with Crippen molar-refractivity contribution in [2.24, 2.45) is 0 Å². The zero-order valence-electron chi connectivity index (χ0n) is 13.1. The maximum Gasteiger partial charge on any atom is 0.120 e. The molecular weight excluding hydrogens is 318 g/mol. The Morgan fingerprint density at radius 2 is 1.96 bits per heavy atom. The quantitative estimate of drug-likeness (QED) is 0.545. The molecule has 0 aliphatic rings. The molecule has 0 amide bonds. The summed E-state index contributed by atoms with van der Waals surface area (Å²) in [6.45, 7) is 0. The van der Waals surface area contributed by atoms with Gasteiger partial charge in [0.05, 0.1) is 29.2 Å². The zero-order chi connectivity index (χ0) is 16.4. The van der Waals surface area contributed by atoms with Crippen molar-refractivity contribution >= 4 is 33.7 Å². The van der Waals surface area contributed by atoms with Crippen molar-refractivity contribution in [3.8, 4) is 11.4 Å². The minimum atomic E-state index is 0.853. The molecule has 2 aromatic carbocycles. The van der Waals surface area contributed by atoms with Crippen LogP contribution in [0.1, 0.15) is 10.6 Å². The number of fused-ring (bicyclic) bond motifs is 1. The molecular formula is C19H15N3OS. The van der Waals surface area contributed by atoms with Crippen LogP contribution in [0.25, 0.3) is 28.1 Å². The first-order chi connectivity index (χ1) is 11.8. The van der Waals surface area contributed by atoms with Gasteiger partial charge in [-0.25, -0.2) is 9.67 Å². The maximum absolute atomic E-state index is 5.26. The number of ether oxygens (including phenoxy) is 1. The zero-order valence-corrected chi connectivity index (χ0v) is 13.9. The maximum atomic E-state index is 5.26. The summed E-state index contributed by atoms with van der Waals surface area (Å²) in [5, 5.41) is 5.36. The third-order valence-corrected chi connectivity index (χ3v) is 4.64. The van der Waals surface area contributed by atoms with Crippen LogP contribution in [0.4, 0.5) is 0 Å². The van der Waals surface area contributed by atoms with Gasteiger partial charge in [-0.2, -0.15) is 5.10 Å². The molecule has 0 fully saturated rings. The third-order valence-electron chi connectivity index (χ3n) is 3.65. The Labute approximate surface area is 143 Å². The number of hydrogen-bond donors (Lipinski definition) is 0. The molecule has 0 atom stereocenters. The largest absolute Gasteiger partial charge is 0.497 e. The SMILES string of the molecule is COc1ccc2nc(/C=C/c3cnn(-c4ccccc4)c3)sc2c1. The van der Waals surface area contributed by atoms with Crippen LogP contribution in [-0.2, 0) is 0 Å². The van der Waals surface area contributed by atoms with Crippen LogP contribution in [0, 0.1) is 0 Å². The monoisotopic (exact) mass is 333 g/mol. The van der Waals surface area contributed by atoms with Gasteiger partial charge in [-0.15, -0.1) is 11.3 Å². The number of nitrogens with zero attached hydrogens (tertiary/aromatic N) is 3. The first-order valence-corrected chi connectivity index (χ1v) is 8.36. The summed E-state index contributed by atoms with van der Waals surface area (Å²) in [6, 6.07) is 16.0. The summed E-state index contributed by atoms with van der Waals surface area (Å²) >= 11 is 1.64. The molecule has 0 saturated heterocycles. The second-order valence-corrected chi connectivity index (χ2v) is 6.34. The summed E-state index contributed by atoms with van der Waals surface area (Å²) in [4.78, 5) is 4.62. The van der Waals surface area contributed by atoms with Gasteiger partial charge in [-0.1, -0.05) is 18.2 Å². The van der Waals surface area contributed by atoms with Crippen LogP contribution < -0.4 is 4.74 Å². The Bertz CT molecular complexity index is 1000. The molecule has 0 unspecified atom stereocenters. The molecule has 0 N–H and O–H groups in total. The fourth-order valence-corrected chi connectivity index (χ4v) is 3.33. The van der Waals surface area contributed by atoms with Crippen LogP contribution in [0.5, 0.6) is 5.75 Å². The number of benzene rings is 2. The number of methoxy groups -OCH3 is 1. The second-order valence-electron chi connectivity index (χ2n) is 5.27. The average Bonchev–Trinajstić information content (AvgIpc) is 3.26. The highest BCUT2D eigenvalue weighted by Gasteiger charge is 2.03. The van der Waals surface area contributed by atoms with Gasteiger partial charge in [0.2, 0.25) is 0 Å². The summed E-state index contributed by atoms with van der Waals surface area (Å²) in [7, 11) is 1.67. The number of para-hydroxylation sites is 1. The molecule has 2 heterocycles. The lowest BCUT2D eigenvalue weighted by Gasteiger charge is -1.98. The predicted octanol–water partition coefficient (Wildman–Crippen LogP) is 4.66. The van der Waals surface area contributed by atoms with Gasteiger partial charge in [0.25, 0.3) is 0 Å². The van der Waals surface area contributed by atoms with Crippen molar-refractivity contribution < 1.29 is 4.74 Å². The second kappa shape index (κ2) is 6.29. The fourth-order valence-electron chi connectivity index (χ4n) is 2.43. The summed E-state index contributed by atoms with van der Waals surface area (Å²) in [5.74, 6) is 0.853. The molecule has 24 heavy (non-hydrogen) atoms. The molecule has 0 spiro atoms. The number of rotatable bonds is 4. The summed E-state index contributed by atoms with van der Waals surface area (Å²) < 4.78 is 8.24. The van der Waals surface area contributed by atoms with Gasteiger partial charge in [0.15, 0.2) is 0 Å². The number of thiazole rings is 1. The molecule has 0 radical (unpaired) electrons. The minimum absolute atomic E-state index is 0.853. The highest BCUT2D eigenvalue weighted by atomic mass is 32.1. The van der Waals surface area contributed by atoms with E-state index >= 15 is 0 Å². The van der Waals surface area contributed by atoms with Crippen LogP contribution in [0.15, 0.2) is 60.9 Å². The van der Waals surface area contributed by atoms with Gasteiger partial charge >= 0.3 is 0 Å². The molecule has 118 valence electrons. The van der Waals surface area contributed by atoms with Gasteiger partial charge in [0, 0.05) is 11.8 Å². The Morgan fingerprint density at radius 3 is 2.79 bits per heavy atom. The van der Waals surface area contributed by atoms with Crippen molar-refractivity contribution in [3.63, 3.8) is 0 Å². The first kappa shape index (κ1) is 14.7. The van der Waals surface area contributed by atoms with Crippen LogP contribution >= 0.6 is 11.3 Å². The van der Waals surface area contributed by atoms with Gasteiger partial charge in [-0.05, 0) is 42.5 Å². The van der Waals surface area contributed by atoms with E-state index in [0.717, 1.165) is 32.2 Å². The lowest BCUT2D eigenvalue weighted by Crippen LogP contribution is -1.92. The van der Waals surface area contributed by atoms with Crippen molar-refractivity contribution in [1.82, 2.24) is 14.8 Å². The Hall–Kier alpha value is -2.92. The molecule has 4 nitrogen and oxygen atoms in total. The van der Waals surface area contributed by atoms with Gasteiger partial charge in [0.1, 0.15) is 10.8 Å². The third kappa shape index (κ3) is 2.94. The van der Waals surface area contributed by atoms with Crippen LogP contribution in [0.3, 0.4) is 0 Å². The highest BCUT2D eigenvalue weighted by molar-refractivity contribution is 7.19. The molecule has 4 rings (SSSR count). The molecule has 5 heteroatoms. The molecule has 0 bridgehead atoms. The lowest BCUT2D eigenvalue weighted by molar-refractivity contribution is 0.415. The number of aromatic nitrogens is 3.